The number of nitrogens with zero attached hydrogens (tertiary/aromatic N) is 4. The summed E-state index contributed by atoms with van der Waals surface area (Å²) >= 11 is 5.94. The van der Waals surface area contributed by atoms with E-state index < -0.39 is 6.10 Å². The number of rotatable bonds is 9. The summed E-state index contributed by atoms with van der Waals surface area (Å²) in [6.45, 7) is 9.10. The highest BCUT2D eigenvalue weighted by atomic mass is 35.5. The van der Waals surface area contributed by atoms with Crippen LogP contribution in [0.25, 0.3) is 11.4 Å². The first-order valence-electron chi connectivity index (χ1n) is 11.4. The molecule has 176 valence electrons. The number of hydrogen-bond acceptors (Lipinski definition) is 7. The van der Waals surface area contributed by atoms with Crippen molar-refractivity contribution in [1.29, 1.82) is 0 Å². The summed E-state index contributed by atoms with van der Waals surface area (Å²) in [5.41, 5.74) is 3.21. The third kappa shape index (κ3) is 6.85. The number of hydrogen-bond donors (Lipinski definition) is 1. The molecule has 33 heavy (non-hydrogen) atoms. The normalized spacial score (nSPS) is 17.2. The molecule has 7 nitrogen and oxygen atoms in total. The number of benzene rings is 2. The SMILES string of the molecule is Cc1ccc(-c2noc(CN3CCN(C[C@@H](O)CO[C@@H](C)c4ccc(Cl)cc4)CC3)n2)cc1. The van der Waals surface area contributed by atoms with Gasteiger partial charge < -0.3 is 14.4 Å². The van der Waals surface area contributed by atoms with Crippen LogP contribution in [-0.2, 0) is 11.3 Å². The summed E-state index contributed by atoms with van der Waals surface area (Å²) in [4.78, 5) is 9.11. The minimum absolute atomic E-state index is 0.0898. The molecule has 0 radical (unpaired) electrons. The molecule has 1 aromatic heterocycles. The van der Waals surface area contributed by atoms with Crippen LogP contribution in [0.2, 0.25) is 5.02 Å². The summed E-state index contributed by atoms with van der Waals surface area (Å²) in [6.07, 6.45) is -0.618. The number of aromatic nitrogens is 2. The predicted molar refractivity (Wildman–Crippen MR) is 128 cm³/mol. The zero-order valence-corrected chi connectivity index (χ0v) is 19.9. The molecule has 0 bridgehead atoms. The first-order valence-corrected chi connectivity index (χ1v) is 11.7. The minimum atomic E-state index is -0.528. The van der Waals surface area contributed by atoms with E-state index in [9.17, 15) is 5.11 Å². The van der Waals surface area contributed by atoms with Crippen LogP contribution in [0.5, 0.6) is 0 Å². The Hall–Kier alpha value is -2.29. The van der Waals surface area contributed by atoms with Gasteiger partial charge in [0.2, 0.25) is 11.7 Å². The van der Waals surface area contributed by atoms with Crippen molar-refractivity contribution in [3.05, 3.63) is 70.6 Å². The van der Waals surface area contributed by atoms with Gasteiger partial charge in [0.05, 0.1) is 25.4 Å². The Balaban J connectivity index is 1.17. The van der Waals surface area contributed by atoms with Gasteiger partial charge >= 0.3 is 0 Å². The molecule has 1 fully saturated rings. The molecule has 3 aromatic rings. The lowest BCUT2D eigenvalue weighted by Gasteiger charge is -2.35. The zero-order valence-electron chi connectivity index (χ0n) is 19.2. The average molecular weight is 471 g/mol. The van der Waals surface area contributed by atoms with Crippen LogP contribution < -0.4 is 0 Å². The lowest BCUT2D eigenvalue weighted by Crippen LogP contribution is -2.48. The maximum atomic E-state index is 10.4. The molecule has 2 aromatic carbocycles. The molecule has 0 saturated carbocycles. The van der Waals surface area contributed by atoms with E-state index in [1.807, 2.05) is 55.5 Å². The molecular formula is C25H31ClN4O3. The Kier molecular flexibility index (Phi) is 8.11. The lowest BCUT2D eigenvalue weighted by atomic mass is 10.1. The van der Waals surface area contributed by atoms with Gasteiger partial charge in [-0.05, 0) is 31.5 Å². The number of aliphatic hydroxyl groups excluding tert-OH is 1. The van der Waals surface area contributed by atoms with Gasteiger partial charge in [0, 0.05) is 43.3 Å². The fourth-order valence-electron chi connectivity index (χ4n) is 3.90. The summed E-state index contributed by atoms with van der Waals surface area (Å²) in [6, 6.07) is 15.7. The predicted octanol–water partition coefficient (Wildman–Crippen LogP) is 3.95. The number of ether oxygens (including phenoxy) is 1. The van der Waals surface area contributed by atoms with Gasteiger partial charge in [-0.25, -0.2) is 0 Å². The Labute approximate surface area is 199 Å². The van der Waals surface area contributed by atoms with E-state index in [-0.39, 0.29) is 6.10 Å². The van der Waals surface area contributed by atoms with Crippen molar-refractivity contribution >= 4 is 11.6 Å². The monoisotopic (exact) mass is 470 g/mol. The number of aryl methyl sites for hydroxylation is 1. The summed E-state index contributed by atoms with van der Waals surface area (Å²) < 4.78 is 11.3. The summed E-state index contributed by atoms with van der Waals surface area (Å²) in [5.74, 6) is 1.25. The van der Waals surface area contributed by atoms with Gasteiger partial charge in [-0.1, -0.05) is 58.7 Å². The van der Waals surface area contributed by atoms with Gasteiger partial charge in [-0.3, -0.25) is 9.80 Å². The second-order valence-corrected chi connectivity index (χ2v) is 9.07. The highest BCUT2D eigenvalue weighted by molar-refractivity contribution is 6.30. The maximum absolute atomic E-state index is 10.4. The van der Waals surface area contributed by atoms with Gasteiger partial charge in [-0.15, -0.1) is 0 Å². The van der Waals surface area contributed by atoms with Crippen LogP contribution in [0.15, 0.2) is 53.1 Å². The quantitative estimate of drug-likeness (QED) is 0.507. The number of halogens is 1. The standard InChI is InChI=1S/C25H31ClN4O3/c1-18-3-5-21(6-4-18)25-27-24(33-28-25)16-30-13-11-29(12-14-30)15-23(31)17-32-19(2)20-7-9-22(26)10-8-20/h3-10,19,23,31H,11-17H2,1-2H3/t19-,23+/m0/s1. The highest BCUT2D eigenvalue weighted by Crippen LogP contribution is 2.20. The van der Waals surface area contributed by atoms with Crippen LogP contribution in [-0.4, -0.2) is 70.5 Å². The minimum Gasteiger partial charge on any atom is -0.389 e. The molecule has 1 N–H and O–H groups in total. The zero-order chi connectivity index (χ0) is 23.2. The second kappa shape index (κ2) is 11.2. The third-order valence-corrected chi connectivity index (χ3v) is 6.20. The summed E-state index contributed by atoms with van der Waals surface area (Å²) in [7, 11) is 0. The van der Waals surface area contributed by atoms with E-state index in [2.05, 4.69) is 26.9 Å². The van der Waals surface area contributed by atoms with Crippen molar-refractivity contribution in [2.24, 2.45) is 0 Å². The van der Waals surface area contributed by atoms with Crippen molar-refractivity contribution in [2.45, 2.75) is 32.6 Å². The first kappa shape index (κ1) is 23.9. The van der Waals surface area contributed by atoms with Gasteiger partial charge in [0.1, 0.15) is 0 Å². The third-order valence-electron chi connectivity index (χ3n) is 5.95. The van der Waals surface area contributed by atoms with Crippen LogP contribution >= 0.6 is 11.6 Å². The lowest BCUT2D eigenvalue weighted by molar-refractivity contribution is -0.0216. The summed E-state index contributed by atoms with van der Waals surface area (Å²) in [5, 5.41) is 15.3. The van der Waals surface area contributed by atoms with Crippen LogP contribution in [0.1, 0.15) is 30.0 Å². The number of piperazine rings is 1. The van der Waals surface area contributed by atoms with Crippen LogP contribution in [0.3, 0.4) is 0 Å². The topological polar surface area (TPSA) is 74.9 Å². The Bertz CT molecular complexity index is 1000. The molecule has 0 spiro atoms. The first-order chi connectivity index (χ1) is 16.0. The second-order valence-electron chi connectivity index (χ2n) is 8.64. The number of aliphatic hydroxyl groups is 1. The van der Waals surface area contributed by atoms with Crippen LogP contribution in [0.4, 0.5) is 0 Å². The molecule has 1 aliphatic rings. The molecule has 2 heterocycles. The van der Waals surface area contributed by atoms with Crippen molar-refractivity contribution in [1.82, 2.24) is 19.9 Å². The van der Waals surface area contributed by atoms with Crippen LogP contribution in [0, 0.1) is 6.92 Å². The maximum Gasteiger partial charge on any atom is 0.241 e. The molecule has 0 aliphatic carbocycles. The number of β-amino-alcohol motifs (C(OH)–C–C–N with tert-alkyl or cyclic N) is 1. The molecule has 1 aliphatic heterocycles. The molecule has 0 unspecified atom stereocenters. The van der Waals surface area contributed by atoms with E-state index in [0.717, 1.165) is 37.3 Å². The molecule has 0 amide bonds. The van der Waals surface area contributed by atoms with Crippen molar-refractivity contribution < 1.29 is 14.4 Å². The Morgan fingerprint density at radius 1 is 1.03 bits per heavy atom. The van der Waals surface area contributed by atoms with E-state index >= 15 is 0 Å². The molecule has 4 rings (SSSR count). The van der Waals surface area contributed by atoms with Crippen molar-refractivity contribution in [3.63, 3.8) is 0 Å². The van der Waals surface area contributed by atoms with Crippen molar-refractivity contribution in [3.8, 4) is 11.4 Å². The molecule has 2 atom stereocenters. The molecule has 1 saturated heterocycles. The Morgan fingerprint density at radius 2 is 1.70 bits per heavy atom. The van der Waals surface area contributed by atoms with Gasteiger partial charge in [-0.2, -0.15) is 4.98 Å². The van der Waals surface area contributed by atoms with Gasteiger partial charge in [0.25, 0.3) is 0 Å². The van der Waals surface area contributed by atoms with E-state index in [4.69, 9.17) is 20.9 Å². The van der Waals surface area contributed by atoms with Gasteiger partial charge in [0.15, 0.2) is 0 Å². The smallest absolute Gasteiger partial charge is 0.241 e. The highest BCUT2D eigenvalue weighted by Gasteiger charge is 2.21. The molecule has 8 heteroatoms. The van der Waals surface area contributed by atoms with E-state index in [1.165, 1.54) is 5.56 Å². The largest absolute Gasteiger partial charge is 0.389 e. The van der Waals surface area contributed by atoms with E-state index in [1.54, 1.807) is 0 Å². The van der Waals surface area contributed by atoms with E-state index in [0.29, 0.717) is 36.4 Å². The Morgan fingerprint density at radius 3 is 2.39 bits per heavy atom. The fourth-order valence-corrected chi connectivity index (χ4v) is 4.02. The average Bonchev–Trinajstić information content (AvgIpc) is 3.28. The van der Waals surface area contributed by atoms with Crippen molar-refractivity contribution in [2.75, 3.05) is 39.3 Å². The fraction of sp³-hybridized carbons (Fsp3) is 0.440. The molecular weight excluding hydrogens is 440 g/mol.